The Balaban J connectivity index is 2.03. The molecule has 1 atom stereocenters. The van der Waals surface area contributed by atoms with Crippen LogP contribution >= 0.6 is 15.9 Å². The van der Waals surface area contributed by atoms with Gasteiger partial charge in [-0.15, -0.1) is 10.2 Å². The summed E-state index contributed by atoms with van der Waals surface area (Å²) in [7, 11) is 0. The lowest BCUT2D eigenvalue weighted by molar-refractivity contribution is -0.144. The standard InChI is InChI=1S/C15H16BrN3O2/c1-2-21-15(20)13(10-4-3-5-11(16)8-10)14-18-17-9-19(14)12-6-7-12/h3-5,8-9,12-13H,2,6-7H2,1H3. The van der Waals surface area contributed by atoms with Gasteiger partial charge in [-0.2, -0.15) is 0 Å². The molecule has 2 aromatic rings. The molecule has 6 heteroatoms. The molecule has 1 heterocycles. The van der Waals surface area contributed by atoms with E-state index in [-0.39, 0.29) is 5.97 Å². The van der Waals surface area contributed by atoms with Crippen LogP contribution in [0.3, 0.4) is 0 Å². The van der Waals surface area contributed by atoms with Crippen LogP contribution in [0.2, 0.25) is 0 Å². The number of halogens is 1. The normalized spacial score (nSPS) is 15.7. The maximum absolute atomic E-state index is 12.4. The molecule has 1 saturated carbocycles. The van der Waals surface area contributed by atoms with Crippen LogP contribution in [-0.2, 0) is 9.53 Å². The van der Waals surface area contributed by atoms with Gasteiger partial charge in [-0.25, -0.2) is 0 Å². The highest BCUT2D eigenvalue weighted by atomic mass is 79.9. The Morgan fingerprint density at radius 2 is 2.33 bits per heavy atom. The van der Waals surface area contributed by atoms with Crippen LogP contribution in [-0.4, -0.2) is 27.3 Å². The van der Waals surface area contributed by atoms with Crippen molar-refractivity contribution >= 4 is 21.9 Å². The highest BCUT2D eigenvalue weighted by Gasteiger charge is 2.34. The SMILES string of the molecule is CCOC(=O)C(c1cccc(Br)c1)c1nncn1C1CC1. The Morgan fingerprint density at radius 1 is 1.52 bits per heavy atom. The summed E-state index contributed by atoms with van der Waals surface area (Å²) in [4.78, 5) is 12.4. The van der Waals surface area contributed by atoms with Crippen molar-refractivity contribution in [3.63, 3.8) is 0 Å². The van der Waals surface area contributed by atoms with Crippen LogP contribution in [0, 0.1) is 0 Å². The number of rotatable bonds is 5. The summed E-state index contributed by atoms with van der Waals surface area (Å²) >= 11 is 3.45. The molecule has 5 nitrogen and oxygen atoms in total. The Morgan fingerprint density at radius 3 is 3.00 bits per heavy atom. The van der Waals surface area contributed by atoms with Gasteiger partial charge in [-0.1, -0.05) is 28.1 Å². The van der Waals surface area contributed by atoms with Crippen LogP contribution < -0.4 is 0 Å². The molecule has 0 amide bonds. The van der Waals surface area contributed by atoms with E-state index >= 15 is 0 Å². The zero-order chi connectivity index (χ0) is 14.8. The van der Waals surface area contributed by atoms with Gasteiger partial charge in [0.25, 0.3) is 0 Å². The van der Waals surface area contributed by atoms with Crippen molar-refractivity contribution in [2.75, 3.05) is 6.61 Å². The van der Waals surface area contributed by atoms with Crippen molar-refractivity contribution in [3.05, 3.63) is 46.5 Å². The summed E-state index contributed by atoms with van der Waals surface area (Å²) in [6.07, 6.45) is 3.93. The summed E-state index contributed by atoms with van der Waals surface area (Å²) in [6.45, 7) is 2.16. The van der Waals surface area contributed by atoms with Crippen LogP contribution in [0.15, 0.2) is 35.1 Å². The molecule has 1 aliphatic rings. The second-order valence-electron chi connectivity index (χ2n) is 5.07. The number of esters is 1. The molecular weight excluding hydrogens is 334 g/mol. The van der Waals surface area contributed by atoms with E-state index in [2.05, 4.69) is 26.1 Å². The lowest BCUT2D eigenvalue weighted by atomic mass is 9.98. The van der Waals surface area contributed by atoms with Gasteiger partial charge in [0.15, 0.2) is 5.82 Å². The fraction of sp³-hybridized carbons (Fsp3) is 0.400. The minimum absolute atomic E-state index is 0.287. The molecule has 21 heavy (non-hydrogen) atoms. The van der Waals surface area contributed by atoms with Gasteiger partial charge < -0.3 is 9.30 Å². The first-order chi connectivity index (χ1) is 10.2. The topological polar surface area (TPSA) is 57.0 Å². The zero-order valence-electron chi connectivity index (χ0n) is 11.7. The number of aromatic nitrogens is 3. The number of ether oxygens (including phenoxy) is 1. The van der Waals surface area contributed by atoms with Crippen LogP contribution in [0.1, 0.15) is 43.1 Å². The maximum Gasteiger partial charge on any atom is 0.321 e. The summed E-state index contributed by atoms with van der Waals surface area (Å²) in [5.41, 5.74) is 0.859. The van der Waals surface area contributed by atoms with Crippen molar-refractivity contribution < 1.29 is 9.53 Å². The fourth-order valence-corrected chi connectivity index (χ4v) is 2.81. The van der Waals surface area contributed by atoms with Gasteiger partial charge in [0.05, 0.1) is 6.61 Å². The highest BCUT2D eigenvalue weighted by molar-refractivity contribution is 9.10. The van der Waals surface area contributed by atoms with E-state index < -0.39 is 5.92 Å². The summed E-state index contributed by atoms with van der Waals surface area (Å²) in [5, 5.41) is 8.17. The average Bonchev–Trinajstić information content (AvgIpc) is 3.19. The van der Waals surface area contributed by atoms with Crippen LogP contribution in [0.25, 0.3) is 0 Å². The van der Waals surface area contributed by atoms with E-state index in [1.54, 1.807) is 6.33 Å². The summed E-state index contributed by atoms with van der Waals surface area (Å²) < 4.78 is 8.17. The first-order valence-corrected chi connectivity index (χ1v) is 7.81. The minimum Gasteiger partial charge on any atom is -0.465 e. The summed E-state index contributed by atoms with van der Waals surface area (Å²) in [6, 6.07) is 8.09. The quantitative estimate of drug-likeness (QED) is 0.778. The molecular formula is C15H16BrN3O2. The molecule has 1 fully saturated rings. The van der Waals surface area contributed by atoms with Crippen molar-refractivity contribution in [2.45, 2.75) is 31.7 Å². The van der Waals surface area contributed by atoms with E-state index in [1.165, 1.54) is 0 Å². The molecule has 1 unspecified atom stereocenters. The fourth-order valence-electron chi connectivity index (χ4n) is 2.39. The second kappa shape index (κ2) is 5.97. The number of hydrogen-bond acceptors (Lipinski definition) is 4. The molecule has 0 spiro atoms. The number of carbonyl (C=O) groups excluding carboxylic acids is 1. The average molecular weight is 350 g/mol. The predicted octanol–water partition coefficient (Wildman–Crippen LogP) is 3.07. The first kappa shape index (κ1) is 14.3. The van der Waals surface area contributed by atoms with Gasteiger partial charge in [0.1, 0.15) is 12.2 Å². The molecule has 0 N–H and O–H groups in total. The molecule has 0 bridgehead atoms. The highest BCUT2D eigenvalue weighted by Crippen LogP contribution is 2.38. The number of nitrogens with zero attached hydrogens (tertiary/aromatic N) is 3. The Kier molecular flexibility index (Phi) is 4.05. The van der Waals surface area contributed by atoms with Crippen molar-refractivity contribution in [3.8, 4) is 0 Å². The second-order valence-corrected chi connectivity index (χ2v) is 5.98. The predicted molar refractivity (Wildman–Crippen MR) is 80.9 cm³/mol. The Hall–Kier alpha value is -1.69. The van der Waals surface area contributed by atoms with Gasteiger partial charge >= 0.3 is 5.97 Å². The van der Waals surface area contributed by atoms with E-state index in [9.17, 15) is 4.79 Å². The lowest BCUT2D eigenvalue weighted by Gasteiger charge is -2.16. The molecule has 3 rings (SSSR count). The third-order valence-electron chi connectivity index (χ3n) is 3.50. The van der Waals surface area contributed by atoms with Crippen molar-refractivity contribution in [1.29, 1.82) is 0 Å². The number of hydrogen-bond donors (Lipinski definition) is 0. The molecule has 0 radical (unpaired) electrons. The van der Waals surface area contributed by atoms with Gasteiger partial charge in [0, 0.05) is 10.5 Å². The third kappa shape index (κ3) is 3.00. The molecule has 1 aromatic carbocycles. The minimum atomic E-state index is -0.537. The van der Waals surface area contributed by atoms with Crippen LogP contribution in [0.4, 0.5) is 0 Å². The van der Waals surface area contributed by atoms with Gasteiger partial charge in [0.2, 0.25) is 0 Å². The Bertz CT molecular complexity index is 652. The van der Waals surface area contributed by atoms with Gasteiger partial charge in [-0.3, -0.25) is 4.79 Å². The third-order valence-corrected chi connectivity index (χ3v) is 4.00. The molecule has 110 valence electrons. The number of benzene rings is 1. The molecule has 1 aromatic heterocycles. The van der Waals surface area contributed by atoms with E-state index in [4.69, 9.17) is 4.74 Å². The largest absolute Gasteiger partial charge is 0.465 e. The molecule has 0 saturated heterocycles. The summed E-state index contributed by atoms with van der Waals surface area (Å²) in [5.74, 6) is -0.162. The van der Waals surface area contributed by atoms with Crippen molar-refractivity contribution in [1.82, 2.24) is 14.8 Å². The van der Waals surface area contributed by atoms with Gasteiger partial charge in [-0.05, 0) is 37.5 Å². The van der Waals surface area contributed by atoms with E-state index in [0.717, 1.165) is 22.9 Å². The Labute approximate surface area is 131 Å². The first-order valence-electron chi connectivity index (χ1n) is 7.02. The number of carbonyl (C=O) groups is 1. The maximum atomic E-state index is 12.4. The van der Waals surface area contributed by atoms with Crippen molar-refractivity contribution in [2.24, 2.45) is 0 Å². The van der Waals surface area contributed by atoms with E-state index in [1.807, 2.05) is 35.8 Å². The van der Waals surface area contributed by atoms with Crippen LogP contribution in [0.5, 0.6) is 0 Å². The lowest BCUT2D eigenvalue weighted by Crippen LogP contribution is -2.21. The molecule has 0 aliphatic heterocycles. The molecule has 1 aliphatic carbocycles. The zero-order valence-corrected chi connectivity index (χ0v) is 13.3. The monoisotopic (exact) mass is 349 g/mol. The smallest absolute Gasteiger partial charge is 0.321 e. The van der Waals surface area contributed by atoms with E-state index in [0.29, 0.717) is 18.5 Å².